The van der Waals surface area contributed by atoms with Crippen molar-refractivity contribution in [2.24, 2.45) is 0 Å². The maximum Gasteiger partial charge on any atom is 0.169 e. The van der Waals surface area contributed by atoms with Gasteiger partial charge >= 0.3 is 0 Å². The number of hydrogen-bond acceptors (Lipinski definition) is 5. The first-order valence-electron chi connectivity index (χ1n) is 5.64. The predicted octanol–water partition coefficient (Wildman–Crippen LogP) is 2.55. The van der Waals surface area contributed by atoms with Gasteiger partial charge < -0.3 is 10.5 Å². The number of carbonyl (C=O) groups is 1. The van der Waals surface area contributed by atoms with Gasteiger partial charge in [0.15, 0.2) is 5.78 Å². The van der Waals surface area contributed by atoms with Crippen LogP contribution in [-0.2, 0) is 6.42 Å². The van der Waals surface area contributed by atoms with Crippen LogP contribution in [0.25, 0.3) is 0 Å². The summed E-state index contributed by atoms with van der Waals surface area (Å²) in [5.74, 6) is 0.628. The molecule has 94 valence electrons. The number of nitrogen functional groups attached to an aromatic ring is 1. The smallest absolute Gasteiger partial charge is 0.169 e. The van der Waals surface area contributed by atoms with E-state index in [1.165, 1.54) is 11.3 Å². The SMILES string of the molecule is CCOc1ccc(C(=O)Cc2nccs2)cc1N. The maximum atomic E-state index is 12.0. The van der Waals surface area contributed by atoms with Crippen molar-refractivity contribution in [3.05, 3.63) is 40.3 Å². The van der Waals surface area contributed by atoms with E-state index in [2.05, 4.69) is 4.98 Å². The molecule has 0 aliphatic carbocycles. The summed E-state index contributed by atoms with van der Waals surface area (Å²) in [4.78, 5) is 16.1. The number of ether oxygens (including phenoxy) is 1. The van der Waals surface area contributed by atoms with Gasteiger partial charge in [-0.3, -0.25) is 4.79 Å². The molecule has 0 aliphatic heterocycles. The highest BCUT2D eigenvalue weighted by molar-refractivity contribution is 7.09. The van der Waals surface area contributed by atoms with E-state index >= 15 is 0 Å². The Bertz CT molecular complexity index is 538. The summed E-state index contributed by atoms with van der Waals surface area (Å²) >= 11 is 1.47. The molecular weight excluding hydrogens is 248 g/mol. The summed E-state index contributed by atoms with van der Waals surface area (Å²) in [6.45, 7) is 2.44. The van der Waals surface area contributed by atoms with Gasteiger partial charge in [0.05, 0.1) is 18.7 Å². The molecule has 1 aromatic carbocycles. The third-order valence-corrected chi connectivity index (χ3v) is 3.21. The summed E-state index contributed by atoms with van der Waals surface area (Å²) in [6, 6.07) is 5.12. The Hall–Kier alpha value is -1.88. The lowest BCUT2D eigenvalue weighted by atomic mass is 10.1. The first-order chi connectivity index (χ1) is 8.70. The van der Waals surface area contributed by atoms with Gasteiger partial charge in [0, 0.05) is 17.1 Å². The van der Waals surface area contributed by atoms with Crippen LogP contribution in [0.4, 0.5) is 5.69 Å². The number of Topliss-reactive ketones (excluding diaryl/α,β-unsaturated/α-hetero) is 1. The number of aromatic nitrogens is 1. The molecule has 2 aromatic rings. The van der Waals surface area contributed by atoms with Crippen molar-refractivity contribution >= 4 is 22.8 Å². The summed E-state index contributed by atoms with van der Waals surface area (Å²) in [5, 5.41) is 2.67. The molecule has 2 rings (SSSR count). The Morgan fingerprint density at radius 3 is 2.94 bits per heavy atom. The molecule has 0 unspecified atom stereocenters. The highest BCUT2D eigenvalue weighted by Gasteiger charge is 2.11. The van der Waals surface area contributed by atoms with Gasteiger partial charge in [-0.2, -0.15) is 0 Å². The number of ketones is 1. The molecule has 0 fully saturated rings. The molecule has 1 heterocycles. The van der Waals surface area contributed by atoms with Crippen molar-refractivity contribution in [1.29, 1.82) is 0 Å². The van der Waals surface area contributed by atoms with Crippen molar-refractivity contribution in [3.8, 4) is 5.75 Å². The zero-order valence-electron chi connectivity index (χ0n) is 10.1. The molecule has 1 aromatic heterocycles. The molecule has 18 heavy (non-hydrogen) atoms. The first kappa shape index (κ1) is 12.6. The molecular formula is C13H14N2O2S. The van der Waals surface area contributed by atoms with E-state index in [4.69, 9.17) is 10.5 Å². The second-order valence-corrected chi connectivity index (χ2v) is 4.69. The minimum absolute atomic E-state index is 0.0136. The second-order valence-electron chi connectivity index (χ2n) is 3.71. The fourth-order valence-corrected chi connectivity index (χ4v) is 2.20. The average Bonchev–Trinajstić information content (AvgIpc) is 2.84. The van der Waals surface area contributed by atoms with Crippen LogP contribution in [0.2, 0.25) is 0 Å². The highest BCUT2D eigenvalue weighted by atomic mass is 32.1. The number of nitrogens with zero attached hydrogens (tertiary/aromatic N) is 1. The molecule has 0 amide bonds. The molecule has 4 nitrogen and oxygen atoms in total. The minimum Gasteiger partial charge on any atom is -0.492 e. The van der Waals surface area contributed by atoms with Crippen molar-refractivity contribution in [2.75, 3.05) is 12.3 Å². The number of benzene rings is 1. The minimum atomic E-state index is 0.0136. The van der Waals surface area contributed by atoms with Crippen molar-refractivity contribution in [2.45, 2.75) is 13.3 Å². The normalized spacial score (nSPS) is 10.3. The lowest BCUT2D eigenvalue weighted by molar-refractivity contribution is 0.0993. The number of anilines is 1. The van der Waals surface area contributed by atoms with Crippen LogP contribution in [0.3, 0.4) is 0 Å². The Morgan fingerprint density at radius 1 is 1.50 bits per heavy atom. The quantitative estimate of drug-likeness (QED) is 0.664. The summed E-state index contributed by atoms with van der Waals surface area (Å²) in [7, 11) is 0. The van der Waals surface area contributed by atoms with Crippen LogP contribution < -0.4 is 10.5 Å². The Morgan fingerprint density at radius 2 is 2.33 bits per heavy atom. The summed E-state index contributed by atoms with van der Waals surface area (Å²) in [6.07, 6.45) is 2.00. The Labute approximate surface area is 109 Å². The van der Waals surface area contributed by atoms with Gasteiger partial charge in [-0.1, -0.05) is 0 Å². The van der Waals surface area contributed by atoms with E-state index < -0.39 is 0 Å². The van der Waals surface area contributed by atoms with Gasteiger partial charge in [-0.25, -0.2) is 4.98 Å². The van der Waals surface area contributed by atoms with Crippen molar-refractivity contribution in [3.63, 3.8) is 0 Å². The second kappa shape index (κ2) is 5.64. The van der Waals surface area contributed by atoms with Gasteiger partial charge in [-0.15, -0.1) is 11.3 Å². The first-order valence-corrected chi connectivity index (χ1v) is 6.52. The molecule has 0 radical (unpaired) electrons. The van der Waals surface area contributed by atoms with Crippen LogP contribution in [0, 0.1) is 0 Å². The molecule has 0 spiro atoms. The van der Waals surface area contributed by atoms with E-state index in [9.17, 15) is 4.79 Å². The van der Waals surface area contributed by atoms with E-state index in [0.717, 1.165) is 5.01 Å². The van der Waals surface area contributed by atoms with Gasteiger partial charge in [0.25, 0.3) is 0 Å². The standard InChI is InChI=1S/C13H14N2O2S/c1-2-17-12-4-3-9(7-10(12)14)11(16)8-13-15-5-6-18-13/h3-7H,2,8,14H2,1H3. The van der Waals surface area contributed by atoms with Crippen LogP contribution in [0.15, 0.2) is 29.8 Å². The molecule has 0 saturated heterocycles. The molecule has 0 bridgehead atoms. The summed E-state index contributed by atoms with van der Waals surface area (Å²) < 4.78 is 5.33. The topological polar surface area (TPSA) is 65.2 Å². The van der Waals surface area contributed by atoms with E-state index in [-0.39, 0.29) is 5.78 Å². The number of carbonyl (C=O) groups excluding carboxylic acids is 1. The Balaban J connectivity index is 2.13. The molecule has 2 N–H and O–H groups in total. The monoisotopic (exact) mass is 262 g/mol. The zero-order chi connectivity index (χ0) is 13.0. The van der Waals surface area contributed by atoms with Gasteiger partial charge in [-0.05, 0) is 25.1 Å². The molecule has 0 atom stereocenters. The number of thiazole rings is 1. The fraction of sp³-hybridized carbons (Fsp3) is 0.231. The number of hydrogen-bond donors (Lipinski definition) is 1. The van der Waals surface area contributed by atoms with Gasteiger partial charge in [0.1, 0.15) is 10.8 Å². The molecule has 0 aliphatic rings. The zero-order valence-corrected chi connectivity index (χ0v) is 10.9. The highest BCUT2D eigenvalue weighted by Crippen LogP contribution is 2.23. The average molecular weight is 262 g/mol. The van der Waals surface area contributed by atoms with Crippen LogP contribution in [0.5, 0.6) is 5.75 Å². The van der Waals surface area contributed by atoms with Crippen LogP contribution in [0.1, 0.15) is 22.3 Å². The third-order valence-electron chi connectivity index (χ3n) is 2.43. The predicted molar refractivity (Wildman–Crippen MR) is 72.2 cm³/mol. The Kier molecular flexibility index (Phi) is 3.94. The third kappa shape index (κ3) is 2.87. The lowest BCUT2D eigenvalue weighted by Gasteiger charge is -2.07. The van der Waals surface area contributed by atoms with Crippen LogP contribution >= 0.6 is 11.3 Å². The molecule has 5 heteroatoms. The van der Waals surface area contributed by atoms with Crippen molar-refractivity contribution < 1.29 is 9.53 Å². The summed E-state index contributed by atoms with van der Waals surface area (Å²) in [5.41, 5.74) is 6.91. The number of nitrogens with two attached hydrogens (primary N) is 1. The maximum absolute atomic E-state index is 12.0. The molecule has 0 saturated carbocycles. The number of rotatable bonds is 5. The largest absolute Gasteiger partial charge is 0.492 e. The van der Waals surface area contributed by atoms with E-state index in [1.54, 1.807) is 24.4 Å². The van der Waals surface area contributed by atoms with Crippen LogP contribution in [-0.4, -0.2) is 17.4 Å². The van der Waals surface area contributed by atoms with Gasteiger partial charge in [0.2, 0.25) is 0 Å². The van der Waals surface area contributed by atoms with E-state index in [1.807, 2.05) is 12.3 Å². The lowest BCUT2D eigenvalue weighted by Crippen LogP contribution is -2.05. The van der Waals surface area contributed by atoms with E-state index in [0.29, 0.717) is 30.0 Å². The fourth-order valence-electron chi connectivity index (χ4n) is 1.59. The van der Waals surface area contributed by atoms with Crippen molar-refractivity contribution in [1.82, 2.24) is 4.98 Å².